The van der Waals surface area contributed by atoms with Gasteiger partial charge in [-0.3, -0.25) is 0 Å². The molecule has 0 saturated carbocycles. The van der Waals surface area contributed by atoms with Crippen molar-refractivity contribution >= 4 is 43.6 Å². The quantitative estimate of drug-likeness (QED) is 0.178. The zero-order valence-corrected chi connectivity index (χ0v) is 27.4. The van der Waals surface area contributed by atoms with Gasteiger partial charge in [0.05, 0.1) is 22.1 Å². The predicted molar refractivity (Wildman–Crippen MR) is 211 cm³/mol. The van der Waals surface area contributed by atoms with Crippen molar-refractivity contribution < 1.29 is 0 Å². The third kappa shape index (κ3) is 4.43. The van der Waals surface area contributed by atoms with Crippen LogP contribution in [0.5, 0.6) is 0 Å². The van der Waals surface area contributed by atoms with Gasteiger partial charge in [-0.1, -0.05) is 146 Å². The molecule has 50 heavy (non-hydrogen) atoms. The molecule has 234 valence electrons. The van der Waals surface area contributed by atoms with Crippen LogP contribution < -0.4 is 0 Å². The largest absolute Gasteiger partial charge is 0.309 e. The number of nitrogens with zero attached hydrogens (tertiary/aromatic N) is 2. The molecule has 0 bridgehead atoms. The lowest BCUT2D eigenvalue weighted by Crippen LogP contribution is -1.98. The molecule has 0 N–H and O–H groups in total. The Bertz CT molecular complexity index is 2630. The first-order valence-corrected chi connectivity index (χ1v) is 17.2. The van der Waals surface area contributed by atoms with Crippen LogP contribution in [0.1, 0.15) is 0 Å². The summed E-state index contributed by atoms with van der Waals surface area (Å²) < 4.78 is 4.91. The molecule has 10 aromatic rings. The van der Waals surface area contributed by atoms with E-state index in [4.69, 9.17) is 0 Å². The lowest BCUT2D eigenvalue weighted by Gasteiger charge is -2.15. The van der Waals surface area contributed by atoms with Gasteiger partial charge in [0.1, 0.15) is 0 Å². The van der Waals surface area contributed by atoms with Crippen molar-refractivity contribution in [1.29, 1.82) is 0 Å². The topological polar surface area (TPSA) is 9.86 Å². The fraction of sp³-hybridized carbons (Fsp3) is 0. The van der Waals surface area contributed by atoms with E-state index in [1.54, 1.807) is 0 Å². The smallest absolute Gasteiger partial charge is 0.0620 e. The van der Waals surface area contributed by atoms with E-state index >= 15 is 0 Å². The van der Waals surface area contributed by atoms with Crippen LogP contribution in [0.2, 0.25) is 0 Å². The van der Waals surface area contributed by atoms with Crippen LogP contribution in [0.15, 0.2) is 194 Å². The van der Waals surface area contributed by atoms with Gasteiger partial charge in [0.25, 0.3) is 0 Å². The normalized spacial score (nSPS) is 11.6. The van der Waals surface area contributed by atoms with Crippen LogP contribution in [0.4, 0.5) is 0 Å². The van der Waals surface area contributed by atoms with Gasteiger partial charge in [0.2, 0.25) is 0 Å². The summed E-state index contributed by atoms with van der Waals surface area (Å²) in [6.45, 7) is 0. The van der Waals surface area contributed by atoms with Crippen molar-refractivity contribution in [1.82, 2.24) is 9.13 Å². The summed E-state index contributed by atoms with van der Waals surface area (Å²) >= 11 is 0. The van der Waals surface area contributed by atoms with Crippen molar-refractivity contribution in [3.05, 3.63) is 194 Å². The van der Waals surface area contributed by atoms with E-state index in [2.05, 4.69) is 203 Å². The zero-order chi connectivity index (χ0) is 33.0. The first-order chi connectivity index (χ1) is 24.8. The minimum atomic E-state index is 1.15. The first kappa shape index (κ1) is 28.4. The second-order valence-electron chi connectivity index (χ2n) is 12.9. The lowest BCUT2D eigenvalue weighted by molar-refractivity contribution is 1.17. The highest BCUT2D eigenvalue weighted by Gasteiger charge is 2.22. The number of fused-ring (bicyclic) bond motifs is 6. The van der Waals surface area contributed by atoms with E-state index in [0.717, 1.165) is 11.4 Å². The average Bonchev–Trinajstić information content (AvgIpc) is 3.72. The Morgan fingerprint density at radius 2 is 0.640 bits per heavy atom. The van der Waals surface area contributed by atoms with Gasteiger partial charge in [-0.15, -0.1) is 0 Å². The summed E-state index contributed by atoms with van der Waals surface area (Å²) in [7, 11) is 0. The average molecular weight is 637 g/mol. The maximum atomic E-state index is 2.45. The Kier molecular flexibility index (Phi) is 6.53. The molecular weight excluding hydrogens is 605 g/mol. The van der Waals surface area contributed by atoms with Crippen molar-refractivity contribution in [2.45, 2.75) is 0 Å². The molecule has 0 amide bonds. The Hall–Kier alpha value is -6.64. The number of hydrogen-bond acceptors (Lipinski definition) is 0. The van der Waals surface area contributed by atoms with Gasteiger partial charge >= 0.3 is 0 Å². The second-order valence-corrected chi connectivity index (χ2v) is 12.9. The summed E-state index contributed by atoms with van der Waals surface area (Å²) in [5.41, 5.74) is 14.4. The third-order valence-electron chi connectivity index (χ3n) is 10.1. The minimum Gasteiger partial charge on any atom is -0.309 e. The van der Waals surface area contributed by atoms with Gasteiger partial charge in [-0.05, 0) is 70.8 Å². The van der Waals surface area contributed by atoms with Gasteiger partial charge in [0, 0.05) is 44.0 Å². The maximum absolute atomic E-state index is 2.45. The standard InChI is InChI=1S/C48H32N2/c1-5-15-33(16-6-1)35-27-29-45-43(31-35)41-25-13-23-39(47(41)49(45)37-19-9-3-10-20-37)40-24-14-26-42-44-32-36(34-17-7-2-8-18-34)28-30-46(44)50(48(40)42)38-21-11-4-12-22-38/h1-32H. The number of aromatic nitrogens is 2. The van der Waals surface area contributed by atoms with Gasteiger partial charge in [-0.25, -0.2) is 0 Å². The SMILES string of the molecule is c1ccc(-c2ccc3c(c2)c2cccc(-c4cccc5c6cc(-c7ccccc7)ccc6n(-c6ccccc6)c45)c2n3-c2ccccc2)cc1. The molecule has 10 rings (SSSR count). The fourth-order valence-corrected chi connectivity index (χ4v) is 7.88. The molecule has 0 radical (unpaired) electrons. The summed E-state index contributed by atoms with van der Waals surface area (Å²) in [6.07, 6.45) is 0. The summed E-state index contributed by atoms with van der Waals surface area (Å²) in [4.78, 5) is 0. The minimum absolute atomic E-state index is 1.15. The summed E-state index contributed by atoms with van der Waals surface area (Å²) in [5.74, 6) is 0. The van der Waals surface area contributed by atoms with Crippen LogP contribution in [0.25, 0.3) is 88.4 Å². The molecule has 0 aliphatic carbocycles. The monoisotopic (exact) mass is 636 g/mol. The van der Waals surface area contributed by atoms with Crippen LogP contribution in [0, 0.1) is 0 Å². The van der Waals surface area contributed by atoms with Crippen molar-refractivity contribution in [3.8, 4) is 44.8 Å². The van der Waals surface area contributed by atoms with E-state index in [0.29, 0.717) is 0 Å². The maximum Gasteiger partial charge on any atom is 0.0620 e. The molecule has 2 aromatic heterocycles. The molecule has 2 nitrogen and oxygen atoms in total. The molecule has 0 atom stereocenters. The Balaban J connectivity index is 1.32. The van der Waals surface area contributed by atoms with E-state index in [9.17, 15) is 0 Å². The van der Waals surface area contributed by atoms with E-state index in [1.165, 1.54) is 77.0 Å². The van der Waals surface area contributed by atoms with Crippen LogP contribution >= 0.6 is 0 Å². The van der Waals surface area contributed by atoms with Gasteiger partial charge < -0.3 is 9.13 Å². The highest BCUT2D eigenvalue weighted by molar-refractivity contribution is 6.19. The lowest BCUT2D eigenvalue weighted by atomic mass is 9.97. The molecule has 0 spiro atoms. The molecule has 2 heteroatoms. The Morgan fingerprint density at radius 3 is 1.04 bits per heavy atom. The van der Waals surface area contributed by atoms with Crippen LogP contribution in [-0.2, 0) is 0 Å². The van der Waals surface area contributed by atoms with E-state index in [1.807, 2.05) is 0 Å². The molecular formula is C48H32N2. The predicted octanol–water partition coefficient (Wildman–Crippen LogP) is 12.9. The van der Waals surface area contributed by atoms with Crippen LogP contribution in [0.3, 0.4) is 0 Å². The van der Waals surface area contributed by atoms with E-state index in [-0.39, 0.29) is 0 Å². The molecule has 0 aliphatic rings. The highest BCUT2D eigenvalue weighted by Crippen LogP contribution is 2.44. The van der Waals surface area contributed by atoms with Crippen LogP contribution in [-0.4, -0.2) is 9.13 Å². The third-order valence-corrected chi connectivity index (χ3v) is 10.1. The summed E-state index contributed by atoms with van der Waals surface area (Å²) in [5, 5.41) is 4.97. The summed E-state index contributed by atoms with van der Waals surface area (Å²) in [6, 6.07) is 70.4. The van der Waals surface area contributed by atoms with Crippen molar-refractivity contribution in [2.24, 2.45) is 0 Å². The number of benzene rings is 8. The molecule has 0 saturated heterocycles. The number of para-hydroxylation sites is 4. The first-order valence-electron chi connectivity index (χ1n) is 17.2. The number of rotatable bonds is 5. The molecule has 2 heterocycles. The van der Waals surface area contributed by atoms with Crippen molar-refractivity contribution in [3.63, 3.8) is 0 Å². The number of hydrogen-bond donors (Lipinski definition) is 0. The molecule has 0 aliphatic heterocycles. The molecule has 8 aromatic carbocycles. The Labute approximate surface area is 290 Å². The zero-order valence-electron chi connectivity index (χ0n) is 27.4. The molecule has 0 fully saturated rings. The fourth-order valence-electron chi connectivity index (χ4n) is 7.88. The second kappa shape index (κ2) is 11.5. The van der Waals surface area contributed by atoms with Crippen molar-refractivity contribution in [2.75, 3.05) is 0 Å². The highest BCUT2D eigenvalue weighted by atomic mass is 15.0. The molecule has 0 unspecified atom stereocenters. The Morgan fingerprint density at radius 1 is 0.260 bits per heavy atom. The van der Waals surface area contributed by atoms with Gasteiger partial charge in [-0.2, -0.15) is 0 Å². The van der Waals surface area contributed by atoms with E-state index < -0.39 is 0 Å². The van der Waals surface area contributed by atoms with Gasteiger partial charge in [0.15, 0.2) is 0 Å².